The molecule has 0 aliphatic heterocycles. The summed E-state index contributed by atoms with van der Waals surface area (Å²) in [4.78, 5) is 10.4. The molecule has 0 radical (unpaired) electrons. The first-order valence-corrected chi connectivity index (χ1v) is 4.23. The molecule has 0 aromatic heterocycles. The molecule has 0 aliphatic carbocycles. The smallest absolute Gasteiger partial charge is 0.337 e. The molecule has 0 amide bonds. The van der Waals surface area contributed by atoms with Crippen LogP contribution in [0.4, 0.5) is 8.78 Å². The number of aliphatic hydroxyl groups is 1. The van der Waals surface area contributed by atoms with Gasteiger partial charge < -0.3 is 10.2 Å². The van der Waals surface area contributed by atoms with Crippen molar-refractivity contribution in [3.63, 3.8) is 0 Å². The van der Waals surface area contributed by atoms with E-state index in [0.29, 0.717) is 5.56 Å². The van der Waals surface area contributed by atoms with E-state index in [1.165, 1.54) is 19.1 Å². The summed E-state index contributed by atoms with van der Waals surface area (Å²) in [6, 6.07) is 3.70. The van der Waals surface area contributed by atoms with Crippen LogP contribution in [0.2, 0.25) is 0 Å². The number of halogens is 2. The van der Waals surface area contributed by atoms with E-state index in [-0.39, 0.29) is 11.1 Å². The molecule has 0 spiro atoms. The predicted molar refractivity (Wildman–Crippen MR) is 48.7 cm³/mol. The van der Waals surface area contributed by atoms with Gasteiger partial charge in [-0.1, -0.05) is 12.1 Å². The van der Waals surface area contributed by atoms with Gasteiger partial charge in [-0.05, 0) is 24.1 Å². The van der Waals surface area contributed by atoms with Crippen molar-refractivity contribution in [1.82, 2.24) is 0 Å². The van der Waals surface area contributed by atoms with Crippen molar-refractivity contribution in [3.8, 4) is 0 Å². The number of rotatable bonds is 3. The maximum atomic E-state index is 12.4. The first-order valence-electron chi connectivity index (χ1n) is 4.23. The minimum atomic E-state index is -2.68. The van der Waals surface area contributed by atoms with Gasteiger partial charge >= 0.3 is 5.97 Å². The summed E-state index contributed by atoms with van der Waals surface area (Å²) in [5, 5.41) is 17.6. The highest BCUT2D eigenvalue weighted by atomic mass is 19.3. The average Bonchev–Trinajstić information content (AvgIpc) is 2.16. The second-order valence-corrected chi connectivity index (χ2v) is 3.16. The van der Waals surface area contributed by atoms with Gasteiger partial charge in [0.15, 0.2) is 6.10 Å². The van der Waals surface area contributed by atoms with Crippen LogP contribution in [0, 0.1) is 6.92 Å². The van der Waals surface area contributed by atoms with Crippen molar-refractivity contribution in [3.05, 3.63) is 34.9 Å². The van der Waals surface area contributed by atoms with E-state index in [4.69, 9.17) is 10.2 Å². The third-order valence-electron chi connectivity index (χ3n) is 2.09. The molecule has 3 nitrogen and oxygen atoms in total. The van der Waals surface area contributed by atoms with E-state index in [0.717, 1.165) is 6.07 Å². The Hall–Kier alpha value is -1.49. The van der Waals surface area contributed by atoms with Gasteiger partial charge in [0.1, 0.15) is 0 Å². The standard InChI is InChI=1S/C10H10F2O3/c1-5-2-3-6(8(13)10(14)15)4-7(5)9(11)12/h2-4,8-9,13H,1H3,(H,14,15). The Balaban J connectivity index is 3.13. The highest BCUT2D eigenvalue weighted by molar-refractivity contribution is 5.74. The van der Waals surface area contributed by atoms with Gasteiger partial charge in [-0.25, -0.2) is 13.6 Å². The van der Waals surface area contributed by atoms with Crippen LogP contribution in [-0.4, -0.2) is 16.2 Å². The fourth-order valence-corrected chi connectivity index (χ4v) is 1.21. The van der Waals surface area contributed by atoms with Crippen LogP contribution in [0.25, 0.3) is 0 Å². The molecule has 0 aliphatic rings. The van der Waals surface area contributed by atoms with Crippen molar-refractivity contribution in [2.45, 2.75) is 19.5 Å². The summed E-state index contributed by atoms with van der Waals surface area (Å²) in [6.07, 6.45) is -4.44. The number of aliphatic carboxylic acids is 1. The Morgan fingerprint density at radius 1 is 1.40 bits per heavy atom. The van der Waals surface area contributed by atoms with Gasteiger partial charge in [-0.2, -0.15) is 0 Å². The molecule has 5 heteroatoms. The van der Waals surface area contributed by atoms with Gasteiger partial charge in [0, 0.05) is 5.56 Å². The number of hydrogen-bond acceptors (Lipinski definition) is 2. The molecule has 1 rings (SSSR count). The molecule has 1 unspecified atom stereocenters. The highest BCUT2D eigenvalue weighted by Crippen LogP contribution is 2.26. The number of aryl methyl sites for hydroxylation is 1. The molecule has 1 aromatic carbocycles. The van der Waals surface area contributed by atoms with E-state index in [1.54, 1.807) is 0 Å². The van der Waals surface area contributed by atoms with Crippen LogP contribution < -0.4 is 0 Å². The van der Waals surface area contributed by atoms with Gasteiger partial charge in [0.25, 0.3) is 6.43 Å². The van der Waals surface area contributed by atoms with Crippen molar-refractivity contribution < 1.29 is 23.8 Å². The first kappa shape index (κ1) is 11.6. The van der Waals surface area contributed by atoms with Crippen LogP contribution in [-0.2, 0) is 4.79 Å². The lowest BCUT2D eigenvalue weighted by molar-refractivity contribution is -0.146. The van der Waals surface area contributed by atoms with Crippen LogP contribution in [0.1, 0.15) is 29.2 Å². The summed E-state index contributed by atoms with van der Waals surface area (Å²) in [5.74, 6) is -1.46. The third-order valence-corrected chi connectivity index (χ3v) is 2.09. The van der Waals surface area contributed by atoms with Crippen LogP contribution in [0.5, 0.6) is 0 Å². The Kier molecular flexibility index (Phi) is 3.36. The summed E-state index contributed by atoms with van der Waals surface area (Å²) >= 11 is 0. The zero-order chi connectivity index (χ0) is 11.6. The monoisotopic (exact) mass is 216 g/mol. The van der Waals surface area contributed by atoms with E-state index in [2.05, 4.69) is 0 Å². The molecule has 0 saturated carbocycles. The lowest BCUT2D eigenvalue weighted by atomic mass is 10.0. The largest absolute Gasteiger partial charge is 0.479 e. The van der Waals surface area contributed by atoms with Gasteiger partial charge in [0.05, 0.1) is 0 Å². The zero-order valence-electron chi connectivity index (χ0n) is 7.95. The molecule has 0 bridgehead atoms. The lowest BCUT2D eigenvalue weighted by Crippen LogP contribution is -2.11. The summed E-state index contributed by atoms with van der Waals surface area (Å²) in [6.45, 7) is 1.50. The molecule has 0 saturated heterocycles. The van der Waals surface area contributed by atoms with E-state index >= 15 is 0 Å². The number of alkyl halides is 2. The number of hydrogen-bond donors (Lipinski definition) is 2. The van der Waals surface area contributed by atoms with E-state index in [9.17, 15) is 13.6 Å². The molecule has 2 N–H and O–H groups in total. The van der Waals surface area contributed by atoms with Gasteiger partial charge in [-0.3, -0.25) is 0 Å². The third kappa shape index (κ3) is 2.50. The van der Waals surface area contributed by atoms with Crippen molar-refractivity contribution >= 4 is 5.97 Å². The SMILES string of the molecule is Cc1ccc(C(O)C(=O)O)cc1C(F)F. The minimum Gasteiger partial charge on any atom is -0.479 e. The Bertz CT molecular complexity index is 377. The lowest BCUT2D eigenvalue weighted by Gasteiger charge is -2.10. The molecular formula is C10H10F2O3. The fourth-order valence-electron chi connectivity index (χ4n) is 1.21. The molecule has 1 aromatic rings. The number of carbonyl (C=O) groups is 1. The van der Waals surface area contributed by atoms with E-state index in [1.807, 2.05) is 0 Å². The maximum absolute atomic E-state index is 12.4. The summed E-state index contributed by atoms with van der Waals surface area (Å²) in [5.41, 5.74) is 0.0718. The molecule has 0 heterocycles. The quantitative estimate of drug-likeness (QED) is 0.812. The summed E-state index contributed by atoms with van der Waals surface area (Å²) < 4.78 is 24.9. The molecular weight excluding hydrogens is 206 g/mol. The Morgan fingerprint density at radius 3 is 2.47 bits per heavy atom. The highest BCUT2D eigenvalue weighted by Gasteiger charge is 2.19. The number of benzene rings is 1. The number of carboxylic acid groups (broad SMARTS) is 1. The normalized spacial score (nSPS) is 12.9. The molecule has 1 atom stereocenters. The second-order valence-electron chi connectivity index (χ2n) is 3.16. The topological polar surface area (TPSA) is 57.5 Å². The second kappa shape index (κ2) is 4.35. The first-order chi connectivity index (χ1) is 6.93. The van der Waals surface area contributed by atoms with Crippen molar-refractivity contribution in [2.75, 3.05) is 0 Å². The van der Waals surface area contributed by atoms with Crippen molar-refractivity contribution in [1.29, 1.82) is 0 Å². The summed E-state index contributed by atoms with van der Waals surface area (Å²) in [7, 11) is 0. The molecule has 0 fully saturated rings. The Morgan fingerprint density at radius 2 is 2.00 bits per heavy atom. The maximum Gasteiger partial charge on any atom is 0.337 e. The van der Waals surface area contributed by atoms with Crippen molar-refractivity contribution in [2.24, 2.45) is 0 Å². The van der Waals surface area contributed by atoms with Crippen LogP contribution in [0.3, 0.4) is 0 Å². The van der Waals surface area contributed by atoms with Crippen LogP contribution in [0.15, 0.2) is 18.2 Å². The molecule has 15 heavy (non-hydrogen) atoms. The van der Waals surface area contributed by atoms with Gasteiger partial charge in [-0.15, -0.1) is 0 Å². The zero-order valence-corrected chi connectivity index (χ0v) is 7.95. The average molecular weight is 216 g/mol. The van der Waals surface area contributed by atoms with E-state index < -0.39 is 18.5 Å². The fraction of sp³-hybridized carbons (Fsp3) is 0.300. The number of aliphatic hydroxyl groups excluding tert-OH is 1. The van der Waals surface area contributed by atoms with Gasteiger partial charge in [0.2, 0.25) is 0 Å². The van der Waals surface area contributed by atoms with Crippen LogP contribution >= 0.6 is 0 Å². The minimum absolute atomic E-state index is 0.0385. The molecule has 82 valence electrons. The Labute approximate surface area is 85.0 Å². The predicted octanol–water partition coefficient (Wildman–Crippen LogP) is 2.05. The number of carboxylic acids is 1.